The number of nitrogens with one attached hydrogen (secondary N) is 1. The Morgan fingerprint density at radius 2 is 2.12 bits per heavy atom. The van der Waals surface area contributed by atoms with Crippen molar-refractivity contribution in [2.24, 2.45) is 4.99 Å². The van der Waals surface area contributed by atoms with Crippen LogP contribution in [-0.2, 0) is 18.3 Å². The third-order valence-corrected chi connectivity index (χ3v) is 7.99. The number of aliphatic imine (C=N–C) groups is 1. The van der Waals surface area contributed by atoms with Gasteiger partial charge in [0.15, 0.2) is 17.4 Å². The third-order valence-electron chi connectivity index (χ3n) is 6.27. The molecular formula is C19H28N7O5P. The maximum absolute atomic E-state index is 13.2. The minimum absolute atomic E-state index is 0.0620. The molecule has 4 heterocycles. The van der Waals surface area contributed by atoms with Gasteiger partial charge in [-0.3, -0.25) is 18.6 Å². The summed E-state index contributed by atoms with van der Waals surface area (Å²) in [6, 6.07) is -0.230. The number of aromatic nitrogens is 4. The Balaban J connectivity index is 1.36. The lowest BCUT2D eigenvalue weighted by atomic mass is 9.96. The van der Waals surface area contributed by atoms with E-state index in [-0.39, 0.29) is 30.5 Å². The zero-order valence-corrected chi connectivity index (χ0v) is 18.8. The van der Waals surface area contributed by atoms with Crippen molar-refractivity contribution < 1.29 is 23.1 Å². The molecule has 1 aliphatic carbocycles. The molecular weight excluding hydrogens is 437 g/mol. The molecule has 0 aromatic carbocycles. The van der Waals surface area contributed by atoms with Crippen molar-refractivity contribution in [1.29, 1.82) is 0 Å². The predicted octanol–water partition coefficient (Wildman–Crippen LogP) is 2.22. The molecule has 2 unspecified atom stereocenters. The number of rotatable bonds is 5. The maximum atomic E-state index is 13.2. The smallest absolute Gasteiger partial charge is 0.406 e. The van der Waals surface area contributed by atoms with Crippen molar-refractivity contribution in [2.75, 3.05) is 19.5 Å². The summed E-state index contributed by atoms with van der Waals surface area (Å²) in [5, 5.41) is 3.13. The molecule has 3 N–H and O–H groups in total. The summed E-state index contributed by atoms with van der Waals surface area (Å²) in [7, 11) is -1.92. The highest BCUT2D eigenvalue weighted by atomic mass is 31.2. The topological polar surface area (TPSA) is 148 Å². The second-order valence-electron chi connectivity index (χ2n) is 8.37. The summed E-state index contributed by atoms with van der Waals surface area (Å²) in [5.41, 5.74) is 6.77. The van der Waals surface area contributed by atoms with Crippen LogP contribution in [0.5, 0.6) is 5.88 Å². The molecule has 2 saturated heterocycles. The lowest BCUT2D eigenvalue weighted by Crippen LogP contribution is -2.50. The Hall–Kier alpha value is -2.11. The molecule has 0 amide bonds. The molecule has 5 atom stereocenters. The third kappa shape index (κ3) is 4.01. The average Bonchev–Trinajstić information content (AvgIpc) is 3.21. The maximum Gasteiger partial charge on any atom is 0.406 e. The number of ether oxygens (including phenoxy) is 2. The van der Waals surface area contributed by atoms with Gasteiger partial charge in [0.05, 0.1) is 32.2 Å². The van der Waals surface area contributed by atoms with Gasteiger partial charge < -0.3 is 15.2 Å². The van der Waals surface area contributed by atoms with Crippen LogP contribution in [0.4, 0.5) is 5.95 Å². The van der Waals surface area contributed by atoms with Crippen LogP contribution < -0.4 is 15.6 Å². The summed E-state index contributed by atoms with van der Waals surface area (Å²) < 4.78 is 38.1. The van der Waals surface area contributed by atoms with Gasteiger partial charge >= 0.3 is 7.75 Å². The first-order chi connectivity index (χ1) is 15.5. The van der Waals surface area contributed by atoms with Crippen LogP contribution in [0.3, 0.4) is 0 Å². The minimum Gasteiger partial charge on any atom is -0.479 e. The molecule has 12 nitrogen and oxygen atoms in total. The van der Waals surface area contributed by atoms with Gasteiger partial charge in [-0.25, -0.2) is 14.6 Å². The largest absolute Gasteiger partial charge is 0.479 e. The fraction of sp³-hybridized carbons (Fsp3) is 0.684. The van der Waals surface area contributed by atoms with Crippen LogP contribution in [0.15, 0.2) is 11.3 Å². The Morgan fingerprint density at radius 1 is 1.31 bits per heavy atom. The van der Waals surface area contributed by atoms with Crippen LogP contribution in [0.2, 0.25) is 0 Å². The number of nitrogens with zero attached hydrogens (tertiary/aromatic N) is 5. The molecule has 0 radical (unpaired) electrons. The van der Waals surface area contributed by atoms with E-state index in [2.05, 4.69) is 31.7 Å². The number of imidazole rings is 1. The number of nitrogens with two attached hydrogens (primary N) is 1. The van der Waals surface area contributed by atoms with Crippen LogP contribution in [-0.4, -0.2) is 64.2 Å². The number of fused-ring (bicyclic) bond motifs is 2. The second kappa shape index (κ2) is 8.68. The van der Waals surface area contributed by atoms with Crippen LogP contribution in [0, 0.1) is 0 Å². The fourth-order valence-electron chi connectivity index (χ4n) is 4.68. The predicted molar refractivity (Wildman–Crippen MR) is 117 cm³/mol. The van der Waals surface area contributed by atoms with Gasteiger partial charge in [0.1, 0.15) is 6.10 Å². The first kappa shape index (κ1) is 21.7. The van der Waals surface area contributed by atoms with Gasteiger partial charge in [-0.15, -0.1) is 0 Å². The molecule has 5 rings (SSSR count). The fourth-order valence-corrected chi connectivity index (χ4v) is 6.50. The van der Waals surface area contributed by atoms with Gasteiger partial charge in [-0.05, 0) is 19.6 Å². The molecule has 0 bridgehead atoms. The summed E-state index contributed by atoms with van der Waals surface area (Å²) in [6.07, 6.45) is 6.04. The van der Waals surface area contributed by atoms with Gasteiger partial charge in [0.2, 0.25) is 11.8 Å². The minimum atomic E-state index is -3.41. The van der Waals surface area contributed by atoms with Crippen molar-refractivity contribution in [3.63, 3.8) is 0 Å². The molecule has 0 spiro atoms. The quantitative estimate of drug-likeness (QED) is 0.497. The molecule has 2 aromatic heterocycles. The van der Waals surface area contributed by atoms with Crippen LogP contribution in [0.1, 0.15) is 44.8 Å². The summed E-state index contributed by atoms with van der Waals surface area (Å²) in [6.45, 7) is 3.87. The van der Waals surface area contributed by atoms with E-state index in [1.165, 1.54) is 13.5 Å². The first-order valence-corrected chi connectivity index (χ1v) is 12.4. The van der Waals surface area contributed by atoms with Gasteiger partial charge in [-0.2, -0.15) is 9.97 Å². The molecule has 32 heavy (non-hydrogen) atoms. The van der Waals surface area contributed by atoms with Crippen molar-refractivity contribution in [1.82, 2.24) is 24.6 Å². The standard InChI is InChI=1S/C19H28N7O5P/c1-21-12-8-13-14(9-29-32(27,31-13)25-11-6-4-3-5-7-11)30-18(12)26-10-22-15-16(26)23-19(20)24-17(15)28-2/h10-14,18H,1,3-9H2,2H3,(H,25,27)(H2,20,23,24)/t12?,13-,14+,18+,32?/m0/s1. The van der Waals surface area contributed by atoms with E-state index in [4.69, 9.17) is 24.3 Å². The average molecular weight is 465 g/mol. The van der Waals surface area contributed by atoms with E-state index in [1.807, 2.05) is 0 Å². The molecule has 2 aliphatic heterocycles. The van der Waals surface area contributed by atoms with E-state index >= 15 is 0 Å². The van der Waals surface area contributed by atoms with Crippen LogP contribution in [0.25, 0.3) is 11.2 Å². The monoisotopic (exact) mass is 465 g/mol. The Morgan fingerprint density at radius 3 is 2.88 bits per heavy atom. The van der Waals surface area contributed by atoms with Crippen molar-refractivity contribution >= 4 is 31.6 Å². The van der Waals surface area contributed by atoms with E-state index in [0.29, 0.717) is 17.6 Å². The normalized spacial score (nSPS) is 33.7. The summed E-state index contributed by atoms with van der Waals surface area (Å²) in [4.78, 5) is 17.0. The first-order valence-electron chi connectivity index (χ1n) is 10.9. The lowest BCUT2D eigenvalue weighted by molar-refractivity contribution is -0.175. The number of methoxy groups -OCH3 is 1. The van der Waals surface area contributed by atoms with Gasteiger partial charge in [0, 0.05) is 12.5 Å². The number of anilines is 1. The zero-order chi connectivity index (χ0) is 22.3. The Kier molecular flexibility index (Phi) is 5.89. The van der Waals surface area contributed by atoms with Crippen LogP contribution >= 0.6 is 7.75 Å². The number of nitrogen functional groups attached to an aromatic ring is 1. The van der Waals surface area contributed by atoms with E-state index < -0.39 is 26.2 Å². The van der Waals surface area contributed by atoms with E-state index in [9.17, 15) is 4.57 Å². The van der Waals surface area contributed by atoms with Crippen molar-refractivity contribution in [3.05, 3.63) is 6.33 Å². The molecule has 3 aliphatic rings. The number of hydrogen-bond donors (Lipinski definition) is 2. The molecule has 174 valence electrons. The highest BCUT2D eigenvalue weighted by Crippen LogP contribution is 2.53. The molecule has 2 aromatic rings. The highest BCUT2D eigenvalue weighted by Gasteiger charge is 2.48. The summed E-state index contributed by atoms with van der Waals surface area (Å²) in [5.74, 6) is 0.342. The van der Waals surface area contributed by atoms with Crippen molar-refractivity contribution in [2.45, 2.75) is 69.0 Å². The van der Waals surface area contributed by atoms with Crippen molar-refractivity contribution in [3.8, 4) is 5.88 Å². The zero-order valence-electron chi connectivity index (χ0n) is 17.9. The van der Waals surface area contributed by atoms with E-state index in [0.717, 1.165) is 25.7 Å². The molecule has 13 heteroatoms. The lowest BCUT2D eigenvalue weighted by Gasteiger charge is -2.44. The summed E-state index contributed by atoms with van der Waals surface area (Å²) >= 11 is 0. The highest BCUT2D eigenvalue weighted by molar-refractivity contribution is 7.51. The number of hydrogen-bond acceptors (Lipinski definition) is 10. The SMILES string of the molecule is C=NC1C[C@@H]2OP(=O)(NC3CCCCC3)OC[C@H]2O[C@H]1n1cnc2c(OC)nc(N)nc21. The second-order valence-corrected chi connectivity index (χ2v) is 10.1. The molecule has 3 fully saturated rings. The van der Waals surface area contributed by atoms with E-state index in [1.54, 1.807) is 10.9 Å². The molecule has 1 saturated carbocycles. The van der Waals surface area contributed by atoms with Gasteiger partial charge in [0.25, 0.3) is 0 Å². The Bertz CT molecular complexity index is 1040. The van der Waals surface area contributed by atoms with Gasteiger partial charge in [-0.1, -0.05) is 19.3 Å². The Labute approximate surface area is 185 Å².